The van der Waals surface area contributed by atoms with E-state index >= 15 is 0 Å². The van der Waals surface area contributed by atoms with E-state index in [1.54, 1.807) is 12.1 Å². The van der Waals surface area contributed by atoms with E-state index in [1.165, 1.54) is 12.1 Å². The van der Waals surface area contributed by atoms with Gasteiger partial charge in [-0.05, 0) is 62.2 Å². The summed E-state index contributed by atoms with van der Waals surface area (Å²) >= 11 is 0. The number of halogens is 1. The van der Waals surface area contributed by atoms with Crippen LogP contribution in [-0.4, -0.2) is 0 Å². The monoisotopic (exact) mass is 259 g/mol. The quantitative estimate of drug-likeness (QED) is 0.845. The summed E-state index contributed by atoms with van der Waals surface area (Å²) in [5.74, 6) is 0.492. The number of ether oxygens (including phenoxy) is 1. The van der Waals surface area contributed by atoms with Crippen LogP contribution in [0.4, 0.5) is 10.1 Å². The molecule has 0 amide bonds. The second kappa shape index (κ2) is 4.92. The normalized spacial score (nSPS) is 11.4. The van der Waals surface area contributed by atoms with Gasteiger partial charge in [0.15, 0.2) is 0 Å². The molecule has 0 saturated heterocycles. The SMILES string of the molecule is Cc1cc(N)ccc1OC(C)(C)c1cccc(F)c1. The molecule has 2 N–H and O–H groups in total. The molecule has 0 spiro atoms. The lowest BCUT2D eigenvalue weighted by molar-refractivity contribution is 0.107. The molecule has 2 aromatic carbocycles. The van der Waals surface area contributed by atoms with Gasteiger partial charge in [-0.1, -0.05) is 12.1 Å². The van der Waals surface area contributed by atoms with Crippen molar-refractivity contribution >= 4 is 5.69 Å². The van der Waals surface area contributed by atoms with E-state index in [0.29, 0.717) is 5.69 Å². The average Bonchev–Trinajstić information content (AvgIpc) is 2.33. The van der Waals surface area contributed by atoms with Crippen molar-refractivity contribution in [2.75, 3.05) is 5.73 Å². The van der Waals surface area contributed by atoms with Gasteiger partial charge in [0, 0.05) is 5.69 Å². The predicted octanol–water partition coefficient (Wildman–Crippen LogP) is 4.03. The van der Waals surface area contributed by atoms with Gasteiger partial charge in [-0.2, -0.15) is 0 Å². The Morgan fingerprint density at radius 1 is 1.11 bits per heavy atom. The van der Waals surface area contributed by atoms with Crippen molar-refractivity contribution in [3.8, 4) is 5.75 Å². The summed E-state index contributed by atoms with van der Waals surface area (Å²) in [6.45, 7) is 5.77. The Kier molecular flexibility index (Phi) is 3.47. The molecule has 3 heteroatoms. The zero-order valence-electron chi connectivity index (χ0n) is 11.4. The molecular formula is C16H18FNO. The fourth-order valence-corrected chi connectivity index (χ4v) is 1.98. The van der Waals surface area contributed by atoms with Gasteiger partial charge in [0.1, 0.15) is 17.2 Å². The molecule has 0 heterocycles. The minimum atomic E-state index is -0.608. The van der Waals surface area contributed by atoms with Gasteiger partial charge in [-0.25, -0.2) is 4.39 Å². The molecule has 19 heavy (non-hydrogen) atoms. The van der Waals surface area contributed by atoms with Crippen LogP contribution in [0.15, 0.2) is 42.5 Å². The third-order valence-electron chi connectivity index (χ3n) is 3.08. The molecule has 2 nitrogen and oxygen atoms in total. The fraction of sp³-hybridized carbons (Fsp3) is 0.250. The highest BCUT2D eigenvalue weighted by molar-refractivity contribution is 5.47. The molecule has 0 aliphatic carbocycles. The first-order valence-electron chi connectivity index (χ1n) is 6.20. The van der Waals surface area contributed by atoms with Gasteiger partial charge in [0.2, 0.25) is 0 Å². The van der Waals surface area contributed by atoms with Crippen molar-refractivity contribution in [2.24, 2.45) is 0 Å². The zero-order valence-corrected chi connectivity index (χ0v) is 11.4. The number of aryl methyl sites for hydroxylation is 1. The summed E-state index contributed by atoms with van der Waals surface area (Å²) < 4.78 is 19.3. The van der Waals surface area contributed by atoms with E-state index in [4.69, 9.17) is 10.5 Å². The minimum Gasteiger partial charge on any atom is -0.483 e. The topological polar surface area (TPSA) is 35.2 Å². The lowest BCUT2D eigenvalue weighted by Crippen LogP contribution is -2.25. The summed E-state index contributed by atoms with van der Waals surface area (Å²) in [5.41, 5.74) is 7.57. The Hall–Kier alpha value is -2.03. The highest BCUT2D eigenvalue weighted by Crippen LogP contribution is 2.30. The second-order valence-electron chi connectivity index (χ2n) is 5.15. The van der Waals surface area contributed by atoms with E-state index in [9.17, 15) is 4.39 Å². The molecule has 100 valence electrons. The first-order valence-corrected chi connectivity index (χ1v) is 6.20. The van der Waals surface area contributed by atoms with Crippen molar-refractivity contribution in [2.45, 2.75) is 26.4 Å². The van der Waals surface area contributed by atoms with Crippen molar-refractivity contribution in [1.29, 1.82) is 0 Å². The Morgan fingerprint density at radius 3 is 2.47 bits per heavy atom. The van der Waals surface area contributed by atoms with Gasteiger partial charge >= 0.3 is 0 Å². The number of nitrogen functional groups attached to an aromatic ring is 1. The van der Waals surface area contributed by atoms with Crippen LogP contribution in [0.3, 0.4) is 0 Å². The number of nitrogens with two attached hydrogens (primary N) is 1. The third-order valence-corrected chi connectivity index (χ3v) is 3.08. The van der Waals surface area contributed by atoms with Gasteiger partial charge < -0.3 is 10.5 Å². The van der Waals surface area contributed by atoms with Crippen molar-refractivity contribution < 1.29 is 9.13 Å². The van der Waals surface area contributed by atoms with Crippen LogP contribution in [0, 0.1) is 12.7 Å². The van der Waals surface area contributed by atoms with E-state index in [0.717, 1.165) is 16.9 Å². The highest BCUT2D eigenvalue weighted by atomic mass is 19.1. The summed E-state index contributed by atoms with van der Waals surface area (Å²) in [7, 11) is 0. The molecule has 0 aromatic heterocycles. The van der Waals surface area contributed by atoms with Crippen LogP contribution < -0.4 is 10.5 Å². The van der Waals surface area contributed by atoms with E-state index < -0.39 is 5.60 Å². The van der Waals surface area contributed by atoms with E-state index in [-0.39, 0.29) is 5.82 Å². The molecule has 0 radical (unpaired) electrons. The van der Waals surface area contributed by atoms with Gasteiger partial charge in [-0.15, -0.1) is 0 Å². The van der Waals surface area contributed by atoms with Crippen molar-refractivity contribution in [3.63, 3.8) is 0 Å². The number of hydrogen-bond acceptors (Lipinski definition) is 2. The molecule has 0 fully saturated rings. The Labute approximate surface area is 113 Å². The number of rotatable bonds is 3. The summed E-state index contributed by atoms with van der Waals surface area (Å²) in [6, 6.07) is 12.0. The Morgan fingerprint density at radius 2 is 1.84 bits per heavy atom. The predicted molar refractivity (Wildman–Crippen MR) is 75.6 cm³/mol. The molecule has 0 unspecified atom stereocenters. The van der Waals surface area contributed by atoms with Gasteiger partial charge in [0.25, 0.3) is 0 Å². The van der Waals surface area contributed by atoms with E-state index in [2.05, 4.69) is 0 Å². The summed E-state index contributed by atoms with van der Waals surface area (Å²) in [5, 5.41) is 0. The molecule has 0 aliphatic rings. The molecule has 0 aliphatic heterocycles. The first-order chi connectivity index (χ1) is 8.88. The standard InChI is InChI=1S/C16H18FNO/c1-11-9-14(18)7-8-15(11)19-16(2,3)12-5-4-6-13(17)10-12/h4-10H,18H2,1-3H3. The van der Waals surface area contributed by atoms with E-state index in [1.807, 2.05) is 39.0 Å². The molecule has 0 saturated carbocycles. The van der Waals surface area contributed by atoms with Gasteiger partial charge in [-0.3, -0.25) is 0 Å². The van der Waals surface area contributed by atoms with Crippen LogP contribution >= 0.6 is 0 Å². The average molecular weight is 259 g/mol. The number of anilines is 1. The Bertz CT molecular complexity index is 593. The first kappa shape index (κ1) is 13.4. The van der Waals surface area contributed by atoms with Crippen LogP contribution in [0.5, 0.6) is 5.75 Å². The maximum absolute atomic E-state index is 13.3. The van der Waals surface area contributed by atoms with Crippen LogP contribution in [0.1, 0.15) is 25.0 Å². The Balaban J connectivity index is 2.30. The van der Waals surface area contributed by atoms with Crippen LogP contribution in [0.2, 0.25) is 0 Å². The second-order valence-corrected chi connectivity index (χ2v) is 5.15. The maximum Gasteiger partial charge on any atom is 0.128 e. The number of hydrogen-bond donors (Lipinski definition) is 1. The summed E-state index contributed by atoms with van der Waals surface area (Å²) in [4.78, 5) is 0. The maximum atomic E-state index is 13.3. The fourth-order valence-electron chi connectivity index (χ4n) is 1.98. The number of benzene rings is 2. The van der Waals surface area contributed by atoms with Crippen molar-refractivity contribution in [1.82, 2.24) is 0 Å². The molecule has 0 atom stereocenters. The van der Waals surface area contributed by atoms with Gasteiger partial charge in [0.05, 0.1) is 0 Å². The highest BCUT2D eigenvalue weighted by Gasteiger charge is 2.23. The van der Waals surface area contributed by atoms with Crippen LogP contribution in [0.25, 0.3) is 0 Å². The molecule has 2 aromatic rings. The molecule has 0 bridgehead atoms. The molecular weight excluding hydrogens is 241 g/mol. The lowest BCUT2D eigenvalue weighted by atomic mass is 9.97. The largest absolute Gasteiger partial charge is 0.483 e. The zero-order chi connectivity index (χ0) is 14.0. The third kappa shape index (κ3) is 3.05. The van der Waals surface area contributed by atoms with Crippen molar-refractivity contribution in [3.05, 3.63) is 59.4 Å². The van der Waals surface area contributed by atoms with Crippen LogP contribution in [-0.2, 0) is 5.60 Å². The lowest BCUT2D eigenvalue weighted by Gasteiger charge is -2.28. The summed E-state index contributed by atoms with van der Waals surface area (Å²) in [6.07, 6.45) is 0. The molecule has 2 rings (SSSR count). The minimum absolute atomic E-state index is 0.261. The smallest absolute Gasteiger partial charge is 0.128 e.